The number of nitrogens with zero attached hydrogens (tertiary/aromatic N) is 3. The Bertz CT molecular complexity index is 1360. The maximum Gasteiger partial charge on any atom is 0.407 e. The lowest BCUT2D eigenvalue weighted by Crippen LogP contribution is -2.39. The predicted molar refractivity (Wildman–Crippen MR) is 134 cm³/mol. The van der Waals surface area contributed by atoms with Gasteiger partial charge >= 0.3 is 6.09 Å². The first-order valence-electron chi connectivity index (χ1n) is 12.0. The molecule has 172 valence electrons. The number of para-hydroxylation sites is 1. The van der Waals surface area contributed by atoms with Crippen LogP contribution in [0.4, 0.5) is 10.5 Å². The summed E-state index contributed by atoms with van der Waals surface area (Å²) in [6, 6.07) is 19.5. The van der Waals surface area contributed by atoms with E-state index in [1.54, 1.807) is 4.90 Å². The molecule has 0 spiro atoms. The lowest BCUT2D eigenvalue weighted by Gasteiger charge is -2.39. The third-order valence-corrected chi connectivity index (χ3v) is 7.43. The van der Waals surface area contributed by atoms with E-state index in [9.17, 15) is 9.90 Å². The first-order chi connectivity index (χ1) is 16.6. The van der Waals surface area contributed by atoms with Gasteiger partial charge in [-0.05, 0) is 78.8 Å². The minimum atomic E-state index is -0.832. The van der Waals surface area contributed by atoms with E-state index >= 15 is 0 Å². The smallest absolute Gasteiger partial charge is 0.407 e. The normalized spacial score (nSPS) is 20.0. The molecule has 1 amide bonds. The van der Waals surface area contributed by atoms with Gasteiger partial charge in [0, 0.05) is 48.2 Å². The molecule has 1 saturated heterocycles. The molecule has 6 rings (SSSR count). The predicted octanol–water partition coefficient (Wildman–Crippen LogP) is 6.00. The van der Waals surface area contributed by atoms with Crippen molar-refractivity contribution < 1.29 is 9.90 Å². The highest BCUT2D eigenvalue weighted by Crippen LogP contribution is 2.41. The number of pyridine rings is 1. The van der Waals surface area contributed by atoms with Crippen LogP contribution in [0.3, 0.4) is 0 Å². The number of nitrogens with one attached hydrogen (secondary N) is 1. The molecule has 0 saturated carbocycles. The highest BCUT2D eigenvalue weighted by atomic mass is 16.4. The SMILES string of the molecule is CC1Cc2cc(-c3cnc4[nH]ccc4c3)cc(C3CCCN3C(=O)O)c2CN1c1ccccc1. The minimum absolute atomic E-state index is 0.110. The van der Waals surface area contributed by atoms with Gasteiger partial charge in [0.05, 0.1) is 6.04 Å². The number of aromatic amines is 1. The molecule has 4 heterocycles. The molecule has 0 radical (unpaired) electrons. The zero-order valence-electron chi connectivity index (χ0n) is 19.2. The van der Waals surface area contributed by atoms with Crippen molar-refractivity contribution in [3.05, 3.63) is 83.7 Å². The molecule has 2 aromatic carbocycles. The van der Waals surface area contributed by atoms with Crippen molar-refractivity contribution in [1.82, 2.24) is 14.9 Å². The van der Waals surface area contributed by atoms with Crippen LogP contribution < -0.4 is 4.90 Å². The van der Waals surface area contributed by atoms with Gasteiger partial charge in [0.1, 0.15) is 5.65 Å². The van der Waals surface area contributed by atoms with Gasteiger partial charge in [0.2, 0.25) is 0 Å². The van der Waals surface area contributed by atoms with E-state index in [1.165, 1.54) is 16.8 Å². The molecule has 2 atom stereocenters. The number of hydrogen-bond donors (Lipinski definition) is 2. The van der Waals surface area contributed by atoms with Gasteiger partial charge in [-0.25, -0.2) is 9.78 Å². The highest BCUT2D eigenvalue weighted by molar-refractivity contribution is 5.82. The lowest BCUT2D eigenvalue weighted by atomic mass is 9.84. The fraction of sp³-hybridized carbons (Fsp3) is 0.286. The van der Waals surface area contributed by atoms with Crippen molar-refractivity contribution in [2.75, 3.05) is 11.4 Å². The Balaban J connectivity index is 1.49. The maximum atomic E-state index is 12.1. The third kappa shape index (κ3) is 3.50. The highest BCUT2D eigenvalue weighted by Gasteiger charge is 2.34. The molecule has 2 aliphatic heterocycles. The van der Waals surface area contributed by atoms with Gasteiger partial charge in [0.15, 0.2) is 0 Å². The molecule has 0 bridgehead atoms. The average Bonchev–Trinajstić information content (AvgIpc) is 3.53. The van der Waals surface area contributed by atoms with E-state index in [1.807, 2.05) is 24.5 Å². The van der Waals surface area contributed by atoms with E-state index in [-0.39, 0.29) is 6.04 Å². The summed E-state index contributed by atoms with van der Waals surface area (Å²) in [5.41, 5.74) is 8.00. The number of fused-ring (bicyclic) bond motifs is 2. The zero-order valence-corrected chi connectivity index (χ0v) is 19.2. The van der Waals surface area contributed by atoms with Crippen LogP contribution in [0.1, 0.15) is 42.5 Å². The van der Waals surface area contributed by atoms with Gasteiger partial charge in [-0.1, -0.05) is 24.3 Å². The van der Waals surface area contributed by atoms with Gasteiger partial charge < -0.3 is 19.9 Å². The quantitative estimate of drug-likeness (QED) is 0.400. The molecule has 4 aromatic rings. The van der Waals surface area contributed by atoms with Gasteiger partial charge in [-0.3, -0.25) is 0 Å². The van der Waals surface area contributed by atoms with Crippen molar-refractivity contribution in [1.29, 1.82) is 0 Å². The van der Waals surface area contributed by atoms with Crippen molar-refractivity contribution in [3.63, 3.8) is 0 Å². The van der Waals surface area contributed by atoms with Crippen LogP contribution in [-0.4, -0.2) is 38.7 Å². The molecule has 34 heavy (non-hydrogen) atoms. The number of H-pyrrole nitrogens is 1. The number of hydrogen-bond acceptors (Lipinski definition) is 3. The van der Waals surface area contributed by atoms with Crippen LogP contribution in [0.15, 0.2) is 67.0 Å². The van der Waals surface area contributed by atoms with Crippen LogP contribution in [0.2, 0.25) is 0 Å². The van der Waals surface area contributed by atoms with Gasteiger partial charge in [0.25, 0.3) is 0 Å². The summed E-state index contributed by atoms with van der Waals surface area (Å²) in [6.07, 6.45) is 5.66. The molecule has 0 aliphatic carbocycles. The number of likely N-dealkylation sites (tertiary alicyclic amines) is 1. The Kier molecular flexibility index (Phi) is 5.01. The van der Waals surface area contributed by atoms with Gasteiger partial charge in [-0.2, -0.15) is 0 Å². The number of carboxylic acid groups (broad SMARTS) is 1. The number of benzene rings is 2. The summed E-state index contributed by atoms with van der Waals surface area (Å²) in [5, 5.41) is 11.0. The van der Waals surface area contributed by atoms with Crippen LogP contribution in [0, 0.1) is 0 Å². The zero-order chi connectivity index (χ0) is 23.2. The maximum absolute atomic E-state index is 12.1. The second-order valence-corrected chi connectivity index (χ2v) is 9.49. The number of carbonyl (C=O) groups is 1. The minimum Gasteiger partial charge on any atom is -0.465 e. The number of rotatable bonds is 3. The molecule has 2 N–H and O–H groups in total. The Labute approximate surface area is 198 Å². The largest absolute Gasteiger partial charge is 0.465 e. The summed E-state index contributed by atoms with van der Waals surface area (Å²) in [5.74, 6) is 0. The van der Waals surface area contributed by atoms with Gasteiger partial charge in [-0.15, -0.1) is 0 Å². The number of anilines is 1. The molecule has 2 aliphatic rings. The van der Waals surface area contributed by atoms with Crippen molar-refractivity contribution in [2.24, 2.45) is 0 Å². The molecule has 1 fully saturated rings. The first kappa shape index (κ1) is 20.8. The molecule has 2 unspecified atom stereocenters. The number of amides is 1. The van der Waals surface area contributed by atoms with Crippen molar-refractivity contribution in [2.45, 2.75) is 44.8 Å². The van der Waals surface area contributed by atoms with E-state index in [0.29, 0.717) is 12.6 Å². The van der Waals surface area contributed by atoms with Crippen molar-refractivity contribution >= 4 is 22.8 Å². The second-order valence-electron chi connectivity index (χ2n) is 9.49. The topological polar surface area (TPSA) is 72.5 Å². The second kappa shape index (κ2) is 8.20. The van der Waals surface area contributed by atoms with E-state index in [4.69, 9.17) is 0 Å². The lowest BCUT2D eigenvalue weighted by molar-refractivity contribution is 0.140. The average molecular weight is 453 g/mol. The first-order valence-corrected chi connectivity index (χ1v) is 12.0. The van der Waals surface area contributed by atoms with Crippen LogP contribution in [-0.2, 0) is 13.0 Å². The van der Waals surface area contributed by atoms with Crippen molar-refractivity contribution in [3.8, 4) is 11.1 Å². The summed E-state index contributed by atoms with van der Waals surface area (Å²) >= 11 is 0. The molecule has 2 aromatic heterocycles. The third-order valence-electron chi connectivity index (χ3n) is 7.43. The van der Waals surface area contributed by atoms with E-state index in [2.05, 4.69) is 64.3 Å². The Morgan fingerprint density at radius 1 is 1.12 bits per heavy atom. The number of aromatic nitrogens is 2. The Hall–Kier alpha value is -3.80. The van der Waals surface area contributed by atoms with Crippen LogP contribution in [0.5, 0.6) is 0 Å². The Morgan fingerprint density at radius 2 is 1.97 bits per heavy atom. The van der Waals surface area contributed by atoms with E-state index < -0.39 is 6.09 Å². The fourth-order valence-corrected chi connectivity index (χ4v) is 5.73. The molecular weight excluding hydrogens is 424 g/mol. The summed E-state index contributed by atoms with van der Waals surface area (Å²) < 4.78 is 0. The molecule has 6 heteroatoms. The molecular formula is C28H28N4O2. The Morgan fingerprint density at radius 3 is 2.79 bits per heavy atom. The van der Waals surface area contributed by atoms with E-state index in [0.717, 1.165) is 53.5 Å². The summed E-state index contributed by atoms with van der Waals surface area (Å²) in [6.45, 7) is 3.65. The fourth-order valence-electron chi connectivity index (χ4n) is 5.73. The molecule has 6 nitrogen and oxygen atoms in total. The standard InChI is InChI=1S/C28H28N4O2/c1-18-12-21-14-20(22-13-19-9-10-29-27(19)30-16-22)15-24(26-8-5-11-31(26)28(33)34)25(21)17-32(18)23-6-3-2-4-7-23/h2-4,6-7,9-10,13-16,18,26H,5,8,11-12,17H2,1H3,(H,29,30)(H,33,34). The summed E-state index contributed by atoms with van der Waals surface area (Å²) in [7, 11) is 0. The van der Waals surface area contributed by atoms with Crippen LogP contribution >= 0.6 is 0 Å². The monoisotopic (exact) mass is 452 g/mol. The van der Waals surface area contributed by atoms with Crippen LogP contribution in [0.25, 0.3) is 22.2 Å². The summed E-state index contributed by atoms with van der Waals surface area (Å²) in [4.78, 5) is 23.9.